The van der Waals surface area contributed by atoms with Gasteiger partial charge in [0, 0.05) is 11.1 Å². The maximum atomic E-state index is 11.0. The van der Waals surface area contributed by atoms with E-state index in [9.17, 15) is 4.79 Å². The van der Waals surface area contributed by atoms with Crippen molar-refractivity contribution in [1.29, 1.82) is 0 Å². The third-order valence-electron chi connectivity index (χ3n) is 4.13. The zero-order valence-corrected chi connectivity index (χ0v) is 10.9. The second kappa shape index (κ2) is 4.00. The zero-order chi connectivity index (χ0) is 12.7. The number of carboxylic acids is 1. The van der Waals surface area contributed by atoms with Crippen LogP contribution in [0.25, 0.3) is 0 Å². The van der Waals surface area contributed by atoms with Crippen LogP contribution in [-0.4, -0.2) is 40.1 Å². The van der Waals surface area contributed by atoms with E-state index in [1.165, 1.54) is 0 Å². The van der Waals surface area contributed by atoms with Gasteiger partial charge >= 0.3 is 5.97 Å². The molecular weight excluding hydrogens is 204 g/mol. The van der Waals surface area contributed by atoms with E-state index in [1.54, 1.807) is 0 Å². The summed E-state index contributed by atoms with van der Waals surface area (Å²) < 4.78 is 0. The number of nitrogens with zero attached hydrogens (tertiary/aromatic N) is 1. The molecule has 1 unspecified atom stereocenters. The standard InChI is InChI=1S/C12H24N2O2/c1-11(2)6-8(9(13)10(15)16)7-12(3,4)14(11)5/h8-9H,6-7,13H2,1-5H3,(H,15,16). The topological polar surface area (TPSA) is 66.6 Å². The van der Waals surface area contributed by atoms with Crippen LogP contribution >= 0.6 is 0 Å². The van der Waals surface area contributed by atoms with Crippen molar-refractivity contribution in [1.82, 2.24) is 4.90 Å². The second-order valence-electron chi connectivity index (χ2n) is 6.22. The summed E-state index contributed by atoms with van der Waals surface area (Å²) in [5.41, 5.74) is 5.76. The molecule has 1 heterocycles. The maximum absolute atomic E-state index is 11.0. The van der Waals surface area contributed by atoms with E-state index in [4.69, 9.17) is 10.8 Å². The summed E-state index contributed by atoms with van der Waals surface area (Å²) in [6.07, 6.45) is 1.67. The molecule has 0 amide bonds. The van der Waals surface area contributed by atoms with Gasteiger partial charge in [0.2, 0.25) is 0 Å². The van der Waals surface area contributed by atoms with E-state index in [0.717, 1.165) is 12.8 Å². The van der Waals surface area contributed by atoms with Crippen LogP contribution in [-0.2, 0) is 4.79 Å². The lowest BCUT2D eigenvalue weighted by molar-refractivity contribution is -0.142. The molecule has 0 aromatic carbocycles. The molecule has 0 spiro atoms. The van der Waals surface area contributed by atoms with Gasteiger partial charge in [-0.25, -0.2) is 0 Å². The number of nitrogens with two attached hydrogens (primary N) is 1. The first-order chi connectivity index (χ1) is 7.08. The lowest BCUT2D eigenvalue weighted by atomic mass is 9.71. The number of hydrogen-bond donors (Lipinski definition) is 2. The fraction of sp³-hybridized carbons (Fsp3) is 0.917. The van der Waals surface area contributed by atoms with Crippen molar-refractivity contribution in [2.45, 2.75) is 57.7 Å². The first kappa shape index (κ1) is 13.5. The summed E-state index contributed by atoms with van der Waals surface area (Å²) in [6, 6.07) is -0.743. The van der Waals surface area contributed by atoms with E-state index in [0.29, 0.717) is 0 Å². The molecule has 0 aliphatic carbocycles. The van der Waals surface area contributed by atoms with Crippen molar-refractivity contribution in [2.75, 3.05) is 7.05 Å². The molecule has 16 heavy (non-hydrogen) atoms. The minimum absolute atomic E-state index is 0.000509. The fourth-order valence-corrected chi connectivity index (χ4v) is 2.90. The third kappa shape index (κ3) is 2.38. The predicted octanol–water partition coefficient (Wildman–Crippen LogP) is 1.30. The van der Waals surface area contributed by atoms with Crippen LogP contribution in [0.4, 0.5) is 0 Å². The Morgan fingerprint density at radius 3 is 2.00 bits per heavy atom. The Morgan fingerprint density at radius 2 is 1.69 bits per heavy atom. The van der Waals surface area contributed by atoms with Crippen LogP contribution in [0.2, 0.25) is 0 Å². The molecule has 0 saturated carbocycles. The lowest BCUT2D eigenvalue weighted by Crippen LogP contribution is -2.61. The van der Waals surface area contributed by atoms with Crippen molar-refractivity contribution in [3.05, 3.63) is 0 Å². The molecule has 94 valence electrons. The number of rotatable bonds is 2. The molecule has 1 atom stereocenters. The average Bonchev–Trinajstić information content (AvgIpc) is 2.11. The van der Waals surface area contributed by atoms with Gasteiger partial charge in [0.25, 0.3) is 0 Å². The Bertz CT molecular complexity index is 269. The summed E-state index contributed by atoms with van der Waals surface area (Å²) in [4.78, 5) is 13.3. The van der Waals surface area contributed by atoms with Crippen LogP contribution in [0.3, 0.4) is 0 Å². The summed E-state index contributed by atoms with van der Waals surface area (Å²) >= 11 is 0. The summed E-state index contributed by atoms with van der Waals surface area (Å²) in [7, 11) is 2.10. The van der Waals surface area contributed by atoms with Gasteiger partial charge in [0.1, 0.15) is 6.04 Å². The van der Waals surface area contributed by atoms with Crippen molar-refractivity contribution in [3.8, 4) is 0 Å². The van der Waals surface area contributed by atoms with Crippen LogP contribution < -0.4 is 5.73 Å². The third-order valence-corrected chi connectivity index (χ3v) is 4.13. The van der Waals surface area contributed by atoms with Crippen molar-refractivity contribution >= 4 is 5.97 Å². The molecule has 3 N–H and O–H groups in total. The van der Waals surface area contributed by atoms with Gasteiger partial charge in [-0.2, -0.15) is 0 Å². The molecule has 1 rings (SSSR count). The highest BCUT2D eigenvalue weighted by Crippen LogP contribution is 2.40. The van der Waals surface area contributed by atoms with Crippen molar-refractivity contribution in [2.24, 2.45) is 11.7 Å². The fourth-order valence-electron chi connectivity index (χ4n) is 2.90. The predicted molar refractivity (Wildman–Crippen MR) is 64.3 cm³/mol. The first-order valence-electron chi connectivity index (χ1n) is 5.80. The second-order valence-corrected chi connectivity index (χ2v) is 6.22. The minimum Gasteiger partial charge on any atom is -0.480 e. The molecule has 1 aliphatic rings. The number of piperidine rings is 1. The Kier molecular flexibility index (Phi) is 3.37. The molecule has 0 radical (unpaired) electrons. The average molecular weight is 228 g/mol. The summed E-state index contributed by atoms with van der Waals surface area (Å²) in [5, 5.41) is 9.00. The highest BCUT2D eigenvalue weighted by Gasteiger charge is 2.45. The Hall–Kier alpha value is -0.610. The van der Waals surface area contributed by atoms with Gasteiger partial charge in [-0.15, -0.1) is 0 Å². The van der Waals surface area contributed by atoms with Crippen LogP contribution in [0.1, 0.15) is 40.5 Å². The van der Waals surface area contributed by atoms with Crippen LogP contribution in [0.5, 0.6) is 0 Å². The summed E-state index contributed by atoms with van der Waals surface area (Å²) in [5.74, 6) is -0.833. The number of aliphatic carboxylic acids is 1. The monoisotopic (exact) mass is 228 g/mol. The number of carboxylic acid groups (broad SMARTS) is 1. The Balaban J connectivity index is 2.91. The van der Waals surface area contributed by atoms with Crippen LogP contribution in [0.15, 0.2) is 0 Å². The van der Waals surface area contributed by atoms with Crippen molar-refractivity contribution in [3.63, 3.8) is 0 Å². The zero-order valence-electron chi connectivity index (χ0n) is 10.9. The quantitative estimate of drug-likeness (QED) is 0.747. The molecule has 1 aliphatic heterocycles. The lowest BCUT2D eigenvalue weighted by Gasteiger charge is -2.54. The van der Waals surface area contributed by atoms with Crippen molar-refractivity contribution < 1.29 is 9.90 Å². The molecule has 0 aromatic rings. The van der Waals surface area contributed by atoms with Gasteiger partial charge in [0.05, 0.1) is 0 Å². The molecule has 4 heteroatoms. The highest BCUT2D eigenvalue weighted by atomic mass is 16.4. The molecule has 1 saturated heterocycles. The van der Waals surface area contributed by atoms with Gasteiger partial charge in [-0.3, -0.25) is 9.69 Å². The van der Waals surface area contributed by atoms with E-state index < -0.39 is 12.0 Å². The Labute approximate surface area is 97.8 Å². The summed E-state index contributed by atoms with van der Waals surface area (Å²) in [6.45, 7) is 8.59. The molecular formula is C12H24N2O2. The number of likely N-dealkylation sites (tertiary alicyclic amines) is 1. The molecule has 0 bridgehead atoms. The smallest absolute Gasteiger partial charge is 0.320 e. The normalized spacial score (nSPS) is 27.6. The van der Waals surface area contributed by atoms with Gasteiger partial charge in [-0.1, -0.05) is 0 Å². The van der Waals surface area contributed by atoms with E-state index >= 15 is 0 Å². The SMILES string of the molecule is CN1C(C)(C)CC(C(N)C(=O)O)CC1(C)C. The molecule has 4 nitrogen and oxygen atoms in total. The van der Waals surface area contributed by atoms with E-state index in [-0.39, 0.29) is 17.0 Å². The minimum atomic E-state index is -0.888. The number of hydrogen-bond acceptors (Lipinski definition) is 3. The van der Waals surface area contributed by atoms with Gasteiger partial charge < -0.3 is 10.8 Å². The largest absolute Gasteiger partial charge is 0.480 e. The van der Waals surface area contributed by atoms with Gasteiger partial charge in [0.15, 0.2) is 0 Å². The van der Waals surface area contributed by atoms with Gasteiger partial charge in [-0.05, 0) is 53.5 Å². The van der Waals surface area contributed by atoms with Crippen LogP contribution in [0, 0.1) is 5.92 Å². The van der Waals surface area contributed by atoms with E-state index in [1.807, 2.05) is 0 Å². The number of carbonyl (C=O) groups is 1. The molecule has 1 fully saturated rings. The Morgan fingerprint density at radius 1 is 1.31 bits per heavy atom. The van der Waals surface area contributed by atoms with E-state index in [2.05, 4.69) is 39.6 Å². The maximum Gasteiger partial charge on any atom is 0.320 e. The molecule has 0 aromatic heterocycles. The highest BCUT2D eigenvalue weighted by molar-refractivity contribution is 5.73. The first-order valence-corrected chi connectivity index (χ1v) is 5.80.